The zero-order valence-electron chi connectivity index (χ0n) is 14.1. The van der Waals surface area contributed by atoms with E-state index in [0.717, 1.165) is 6.07 Å². The second-order valence-electron chi connectivity index (χ2n) is 6.03. The normalized spacial score (nSPS) is 15.1. The molecule has 2 heterocycles. The summed E-state index contributed by atoms with van der Waals surface area (Å²) in [4.78, 5) is 25.8. The highest BCUT2D eigenvalue weighted by Gasteiger charge is 2.22. The number of piperazine rings is 1. The molecule has 0 saturated carbocycles. The topological polar surface area (TPSA) is 105 Å². The van der Waals surface area contributed by atoms with Crippen molar-refractivity contribution < 1.29 is 18.6 Å². The van der Waals surface area contributed by atoms with Crippen LogP contribution in [0.25, 0.3) is 0 Å². The maximum atomic E-state index is 14.1. The summed E-state index contributed by atoms with van der Waals surface area (Å²) in [5.74, 6) is 0.165. The standard InChI is InChI=1S/C16H18FN5O4/c1-11-8-15(19-26-11)18-16(23)10-20-4-6-21(7-5-20)14-3-2-12(22(24)25)9-13(14)17/h2-3,8-9H,4-7,10H2,1H3,(H,18,19,23). The van der Waals surface area contributed by atoms with Crippen molar-refractivity contribution in [3.63, 3.8) is 0 Å². The van der Waals surface area contributed by atoms with Crippen molar-refractivity contribution in [2.75, 3.05) is 42.9 Å². The third-order valence-corrected chi connectivity index (χ3v) is 4.12. The number of aromatic nitrogens is 1. The van der Waals surface area contributed by atoms with Crippen molar-refractivity contribution in [1.29, 1.82) is 0 Å². The molecule has 1 fully saturated rings. The summed E-state index contributed by atoms with van der Waals surface area (Å²) in [6, 6.07) is 5.27. The van der Waals surface area contributed by atoms with Crippen LogP contribution in [0.15, 0.2) is 28.8 Å². The number of nitrogens with one attached hydrogen (secondary N) is 1. The first-order valence-corrected chi connectivity index (χ1v) is 8.07. The monoisotopic (exact) mass is 363 g/mol. The van der Waals surface area contributed by atoms with Crippen LogP contribution in [-0.4, -0.2) is 53.6 Å². The van der Waals surface area contributed by atoms with E-state index in [2.05, 4.69) is 10.5 Å². The van der Waals surface area contributed by atoms with E-state index in [9.17, 15) is 19.3 Å². The smallest absolute Gasteiger partial charge is 0.272 e. The number of non-ortho nitro benzene ring substituents is 1. The lowest BCUT2D eigenvalue weighted by atomic mass is 10.2. The molecule has 1 saturated heterocycles. The molecule has 9 nitrogen and oxygen atoms in total. The Morgan fingerprint density at radius 3 is 2.65 bits per heavy atom. The Balaban J connectivity index is 1.52. The predicted octanol–water partition coefficient (Wildman–Crippen LogP) is 1.79. The molecule has 138 valence electrons. The second kappa shape index (κ2) is 7.48. The Bertz CT molecular complexity index is 817. The van der Waals surface area contributed by atoms with Gasteiger partial charge in [-0.3, -0.25) is 19.8 Å². The summed E-state index contributed by atoms with van der Waals surface area (Å²) in [5.41, 5.74) is 0.0578. The molecule has 10 heteroatoms. The molecule has 1 aliphatic heterocycles. The average molecular weight is 363 g/mol. The number of anilines is 2. The van der Waals surface area contributed by atoms with Gasteiger partial charge in [0.1, 0.15) is 5.76 Å². The van der Waals surface area contributed by atoms with Crippen LogP contribution in [0, 0.1) is 22.9 Å². The van der Waals surface area contributed by atoms with Gasteiger partial charge in [0.15, 0.2) is 11.6 Å². The van der Waals surface area contributed by atoms with E-state index < -0.39 is 10.7 Å². The summed E-state index contributed by atoms with van der Waals surface area (Å²) >= 11 is 0. The number of hydrogen-bond donors (Lipinski definition) is 1. The molecule has 3 rings (SSSR count). The highest BCUT2D eigenvalue weighted by atomic mass is 19.1. The van der Waals surface area contributed by atoms with Crippen LogP contribution >= 0.6 is 0 Å². The molecule has 1 amide bonds. The molecule has 1 N–H and O–H groups in total. The number of hydrogen-bond acceptors (Lipinski definition) is 7. The molecular weight excluding hydrogens is 345 g/mol. The van der Waals surface area contributed by atoms with E-state index in [-0.39, 0.29) is 18.1 Å². The zero-order chi connectivity index (χ0) is 18.7. The number of nitro benzene ring substituents is 1. The highest BCUT2D eigenvalue weighted by molar-refractivity contribution is 5.91. The molecule has 0 aliphatic carbocycles. The fourth-order valence-corrected chi connectivity index (χ4v) is 2.82. The Morgan fingerprint density at radius 1 is 1.35 bits per heavy atom. The van der Waals surface area contributed by atoms with E-state index in [1.807, 2.05) is 9.80 Å². The van der Waals surface area contributed by atoms with Crippen LogP contribution in [0.3, 0.4) is 0 Å². The van der Waals surface area contributed by atoms with Gasteiger partial charge in [-0.05, 0) is 13.0 Å². The average Bonchev–Trinajstić information content (AvgIpc) is 3.00. The molecule has 2 aromatic rings. The van der Waals surface area contributed by atoms with Crippen molar-refractivity contribution in [3.05, 3.63) is 46.0 Å². The number of halogens is 1. The van der Waals surface area contributed by atoms with Gasteiger partial charge >= 0.3 is 0 Å². The van der Waals surface area contributed by atoms with Gasteiger partial charge in [0.05, 0.1) is 23.2 Å². The van der Waals surface area contributed by atoms with E-state index in [0.29, 0.717) is 43.4 Å². The lowest BCUT2D eigenvalue weighted by Crippen LogP contribution is -2.48. The fraction of sp³-hybridized carbons (Fsp3) is 0.375. The molecule has 1 aromatic heterocycles. The minimum atomic E-state index is -0.625. The Morgan fingerprint density at radius 2 is 2.08 bits per heavy atom. The summed E-state index contributed by atoms with van der Waals surface area (Å²) in [6.45, 7) is 4.11. The molecule has 0 unspecified atom stereocenters. The lowest BCUT2D eigenvalue weighted by Gasteiger charge is -2.35. The van der Waals surface area contributed by atoms with Gasteiger partial charge in [0, 0.05) is 38.3 Å². The van der Waals surface area contributed by atoms with E-state index >= 15 is 0 Å². The van der Waals surface area contributed by atoms with E-state index in [4.69, 9.17) is 4.52 Å². The van der Waals surface area contributed by atoms with Crippen LogP contribution in [0.4, 0.5) is 21.6 Å². The number of benzene rings is 1. The number of aryl methyl sites for hydroxylation is 1. The van der Waals surface area contributed by atoms with Gasteiger partial charge in [-0.25, -0.2) is 4.39 Å². The Kier molecular flexibility index (Phi) is 5.12. The number of carbonyl (C=O) groups is 1. The highest BCUT2D eigenvalue weighted by Crippen LogP contribution is 2.25. The van der Waals surface area contributed by atoms with E-state index in [1.165, 1.54) is 12.1 Å². The minimum absolute atomic E-state index is 0.197. The third kappa shape index (κ3) is 4.14. The van der Waals surface area contributed by atoms with Crippen molar-refractivity contribution in [3.8, 4) is 0 Å². The largest absolute Gasteiger partial charge is 0.367 e. The summed E-state index contributed by atoms with van der Waals surface area (Å²) in [6.07, 6.45) is 0. The van der Waals surface area contributed by atoms with Crippen molar-refractivity contribution in [2.24, 2.45) is 0 Å². The number of nitro groups is 1. The van der Waals surface area contributed by atoms with Crippen LogP contribution in [-0.2, 0) is 4.79 Å². The summed E-state index contributed by atoms with van der Waals surface area (Å²) < 4.78 is 19.0. The zero-order valence-corrected chi connectivity index (χ0v) is 14.1. The second-order valence-corrected chi connectivity index (χ2v) is 6.03. The fourth-order valence-electron chi connectivity index (χ4n) is 2.82. The van der Waals surface area contributed by atoms with Crippen LogP contribution in [0.5, 0.6) is 0 Å². The number of amides is 1. The van der Waals surface area contributed by atoms with Gasteiger partial charge in [0.25, 0.3) is 5.69 Å². The molecule has 1 aromatic carbocycles. The quantitative estimate of drug-likeness (QED) is 0.638. The van der Waals surface area contributed by atoms with E-state index in [1.54, 1.807) is 13.0 Å². The summed E-state index contributed by atoms with van der Waals surface area (Å²) in [7, 11) is 0. The summed E-state index contributed by atoms with van der Waals surface area (Å²) in [5, 5.41) is 17.1. The maximum Gasteiger partial charge on any atom is 0.272 e. The van der Waals surface area contributed by atoms with Gasteiger partial charge in [0.2, 0.25) is 5.91 Å². The van der Waals surface area contributed by atoms with Gasteiger partial charge in [-0.15, -0.1) is 0 Å². The third-order valence-electron chi connectivity index (χ3n) is 4.12. The van der Waals surface area contributed by atoms with Crippen LogP contribution in [0.2, 0.25) is 0 Å². The molecular formula is C16H18FN5O4. The van der Waals surface area contributed by atoms with Gasteiger partial charge < -0.3 is 14.7 Å². The van der Waals surface area contributed by atoms with Crippen molar-refractivity contribution >= 4 is 23.1 Å². The Hall–Kier alpha value is -3.01. The molecule has 0 spiro atoms. The first-order valence-electron chi connectivity index (χ1n) is 8.07. The van der Waals surface area contributed by atoms with Gasteiger partial charge in [-0.2, -0.15) is 0 Å². The number of carbonyl (C=O) groups excluding carboxylic acids is 1. The molecule has 0 bridgehead atoms. The molecule has 1 aliphatic rings. The first kappa shape index (κ1) is 17.8. The molecule has 0 atom stereocenters. The molecule has 0 radical (unpaired) electrons. The predicted molar refractivity (Wildman–Crippen MR) is 91.6 cm³/mol. The van der Waals surface area contributed by atoms with Crippen molar-refractivity contribution in [1.82, 2.24) is 10.1 Å². The number of nitrogens with zero attached hydrogens (tertiary/aromatic N) is 4. The maximum absolute atomic E-state index is 14.1. The lowest BCUT2D eigenvalue weighted by molar-refractivity contribution is -0.385. The van der Waals surface area contributed by atoms with Gasteiger partial charge in [-0.1, -0.05) is 5.16 Å². The SMILES string of the molecule is Cc1cc(NC(=O)CN2CCN(c3ccc([N+](=O)[O-])cc3F)CC2)no1. The Labute approximate surface area is 148 Å². The number of rotatable bonds is 5. The first-order chi connectivity index (χ1) is 12.4. The minimum Gasteiger partial charge on any atom is -0.367 e. The van der Waals surface area contributed by atoms with Crippen molar-refractivity contribution in [2.45, 2.75) is 6.92 Å². The van der Waals surface area contributed by atoms with Crippen LogP contribution < -0.4 is 10.2 Å². The molecule has 26 heavy (non-hydrogen) atoms. The van der Waals surface area contributed by atoms with Crippen LogP contribution in [0.1, 0.15) is 5.76 Å².